The third-order valence-corrected chi connectivity index (χ3v) is 2.14. The lowest BCUT2D eigenvalue weighted by Gasteiger charge is -2.16. The number of aldehydes is 1. The smallest absolute Gasteiger partial charge is 0.153 e. The first-order valence-electron chi connectivity index (χ1n) is 5.36. The molecule has 0 aromatic carbocycles. The highest BCUT2D eigenvalue weighted by Crippen LogP contribution is 2.09. The van der Waals surface area contributed by atoms with Gasteiger partial charge in [0.15, 0.2) is 6.29 Å². The van der Waals surface area contributed by atoms with Crippen LogP contribution < -0.4 is 0 Å². The summed E-state index contributed by atoms with van der Waals surface area (Å²) in [5.74, 6) is 0. The first-order valence-corrected chi connectivity index (χ1v) is 5.36. The first kappa shape index (κ1) is 12.9. The van der Waals surface area contributed by atoms with E-state index in [4.69, 9.17) is 0 Å². The highest BCUT2D eigenvalue weighted by molar-refractivity contribution is 6.05. The molecule has 0 saturated heterocycles. The molecule has 0 aliphatic rings. The summed E-state index contributed by atoms with van der Waals surface area (Å²) in [5, 5.41) is 0. The van der Waals surface area contributed by atoms with Crippen molar-refractivity contribution in [3.8, 4) is 0 Å². The molecule has 0 unspecified atom stereocenters. The normalized spacial score (nSPS) is 10.7. The topological polar surface area (TPSA) is 33.2 Å². The van der Waals surface area contributed by atoms with E-state index in [0.717, 1.165) is 6.29 Å². The summed E-state index contributed by atoms with van der Waals surface area (Å²) in [6.07, 6.45) is 7.81. The van der Waals surface area contributed by atoms with Crippen LogP contribution >= 0.6 is 0 Å². The van der Waals surface area contributed by atoms with Crippen molar-refractivity contribution in [2.75, 3.05) is 13.1 Å². The van der Waals surface area contributed by atoms with Crippen molar-refractivity contribution in [1.82, 2.24) is 9.88 Å². The maximum Gasteiger partial charge on any atom is 0.153 e. The summed E-state index contributed by atoms with van der Waals surface area (Å²) in [6, 6.07) is 5.47. The fraction of sp³-hybridized carbons (Fsp3) is 0.143. The highest BCUT2D eigenvalue weighted by atomic mass is 16.1. The average Bonchev–Trinajstić information content (AvgIpc) is 2.37. The van der Waals surface area contributed by atoms with Gasteiger partial charge in [-0.3, -0.25) is 9.78 Å². The van der Waals surface area contributed by atoms with E-state index in [1.54, 1.807) is 30.6 Å². The number of pyridine rings is 1. The van der Waals surface area contributed by atoms with Crippen LogP contribution in [0, 0.1) is 0 Å². The lowest BCUT2D eigenvalue weighted by Crippen LogP contribution is -2.18. The van der Waals surface area contributed by atoms with Gasteiger partial charge in [-0.25, -0.2) is 0 Å². The van der Waals surface area contributed by atoms with Gasteiger partial charge in [0.25, 0.3) is 0 Å². The number of nitrogens with zero attached hydrogens (tertiary/aromatic N) is 2. The van der Waals surface area contributed by atoms with Crippen LogP contribution in [0.1, 0.15) is 5.69 Å². The maximum absolute atomic E-state index is 11.1. The van der Waals surface area contributed by atoms with Crippen LogP contribution in [0.25, 0.3) is 5.57 Å². The molecule has 17 heavy (non-hydrogen) atoms. The number of hydrogen-bond acceptors (Lipinski definition) is 3. The molecule has 0 saturated carbocycles. The Labute approximate surface area is 102 Å². The fourth-order valence-corrected chi connectivity index (χ4v) is 1.40. The number of rotatable bonds is 7. The molecular weight excluding hydrogens is 212 g/mol. The van der Waals surface area contributed by atoms with Gasteiger partial charge in [0.2, 0.25) is 0 Å². The number of hydrogen-bond donors (Lipinski definition) is 0. The Morgan fingerprint density at radius 3 is 2.47 bits per heavy atom. The van der Waals surface area contributed by atoms with E-state index >= 15 is 0 Å². The summed E-state index contributed by atoms with van der Waals surface area (Å²) >= 11 is 0. The first-order chi connectivity index (χ1) is 8.31. The number of aromatic nitrogens is 1. The zero-order valence-electron chi connectivity index (χ0n) is 9.75. The van der Waals surface area contributed by atoms with Crippen LogP contribution in [0.15, 0.2) is 55.9 Å². The molecule has 0 atom stereocenters. The van der Waals surface area contributed by atoms with Gasteiger partial charge < -0.3 is 4.90 Å². The Kier molecular flexibility index (Phi) is 5.44. The van der Waals surface area contributed by atoms with E-state index in [-0.39, 0.29) is 0 Å². The lowest BCUT2D eigenvalue weighted by molar-refractivity contribution is -0.103. The van der Waals surface area contributed by atoms with Gasteiger partial charge in [0.05, 0.1) is 11.3 Å². The van der Waals surface area contributed by atoms with Crippen LogP contribution in [0.4, 0.5) is 0 Å². The van der Waals surface area contributed by atoms with Crippen LogP contribution in [0.3, 0.4) is 0 Å². The third kappa shape index (κ3) is 4.07. The van der Waals surface area contributed by atoms with Crippen molar-refractivity contribution in [2.45, 2.75) is 0 Å². The monoisotopic (exact) mass is 228 g/mol. The molecule has 0 aliphatic carbocycles. The Hall–Kier alpha value is -2.16. The van der Waals surface area contributed by atoms with Crippen LogP contribution in [-0.2, 0) is 4.79 Å². The number of carbonyl (C=O) groups is 1. The minimum absolute atomic E-state index is 0.550. The Bertz CT molecular complexity index is 399. The van der Waals surface area contributed by atoms with Gasteiger partial charge in [-0.05, 0) is 12.1 Å². The molecule has 3 nitrogen and oxygen atoms in total. The molecule has 0 bridgehead atoms. The second-order valence-electron chi connectivity index (χ2n) is 3.45. The molecular formula is C14H16N2O. The minimum Gasteiger partial charge on any atom is -0.369 e. The standard InChI is InChI=1S/C14H16N2O/c1-3-9-16(10-4-2)11-13(12-17)14-7-5-6-8-15-14/h3-8,11-12H,1-2,9-10H2/b13-11+. The molecule has 1 rings (SSSR count). The van der Waals surface area contributed by atoms with Crippen molar-refractivity contribution in [3.63, 3.8) is 0 Å². The molecule has 3 heteroatoms. The quantitative estimate of drug-likeness (QED) is 0.408. The van der Waals surface area contributed by atoms with E-state index in [9.17, 15) is 4.79 Å². The van der Waals surface area contributed by atoms with Gasteiger partial charge in [0, 0.05) is 25.5 Å². The third-order valence-electron chi connectivity index (χ3n) is 2.14. The van der Waals surface area contributed by atoms with E-state index in [0.29, 0.717) is 24.4 Å². The van der Waals surface area contributed by atoms with Crippen LogP contribution in [0.2, 0.25) is 0 Å². The van der Waals surface area contributed by atoms with Gasteiger partial charge >= 0.3 is 0 Å². The molecule has 1 aromatic heterocycles. The lowest BCUT2D eigenvalue weighted by atomic mass is 10.2. The molecule has 1 heterocycles. The molecule has 0 aliphatic heterocycles. The van der Waals surface area contributed by atoms with Gasteiger partial charge in [-0.2, -0.15) is 0 Å². The van der Waals surface area contributed by atoms with Crippen LogP contribution in [-0.4, -0.2) is 29.3 Å². The molecule has 0 amide bonds. The van der Waals surface area contributed by atoms with E-state index in [2.05, 4.69) is 18.1 Å². The molecule has 0 spiro atoms. The average molecular weight is 228 g/mol. The van der Waals surface area contributed by atoms with Crippen molar-refractivity contribution in [3.05, 3.63) is 61.6 Å². The SMILES string of the molecule is C=CCN(/C=C(\C=O)c1ccccn1)CC=C. The summed E-state index contributed by atoms with van der Waals surface area (Å²) in [6.45, 7) is 8.68. The predicted octanol–water partition coefficient (Wildman–Crippen LogP) is 2.30. The Balaban J connectivity index is 2.94. The van der Waals surface area contributed by atoms with Gasteiger partial charge in [-0.15, -0.1) is 13.2 Å². The molecule has 88 valence electrons. The summed E-state index contributed by atoms with van der Waals surface area (Å²) in [5.41, 5.74) is 1.22. The Morgan fingerprint density at radius 2 is 2.00 bits per heavy atom. The van der Waals surface area contributed by atoms with Gasteiger partial charge in [-0.1, -0.05) is 18.2 Å². The molecule has 1 aromatic rings. The van der Waals surface area contributed by atoms with Gasteiger partial charge in [0.1, 0.15) is 0 Å². The zero-order valence-corrected chi connectivity index (χ0v) is 9.75. The van der Waals surface area contributed by atoms with Crippen molar-refractivity contribution in [2.24, 2.45) is 0 Å². The second-order valence-corrected chi connectivity index (χ2v) is 3.45. The van der Waals surface area contributed by atoms with E-state index < -0.39 is 0 Å². The predicted molar refractivity (Wildman–Crippen MR) is 70.2 cm³/mol. The highest BCUT2D eigenvalue weighted by Gasteiger charge is 2.03. The second kappa shape index (κ2) is 7.17. The minimum atomic E-state index is 0.550. The summed E-state index contributed by atoms with van der Waals surface area (Å²) < 4.78 is 0. The van der Waals surface area contributed by atoms with Crippen LogP contribution in [0.5, 0.6) is 0 Å². The van der Waals surface area contributed by atoms with E-state index in [1.807, 2.05) is 17.0 Å². The van der Waals surface area contributed by atoms with Crippen molar-refractivity contribution < 1.29 is 4.79 Å². The number of carbonyl (C=O) groups excluding carboxylic acids is 1. The van der Waals surface area contributed by atoms with Crippen molar-refractivity contribution in [1.29, 1.82) is 0 Å². The summed E-state index contributed by atoms with van der Waals surface area (Å²) in [4.78, 5) is 17.2. The fourth-order valence-electron chi connectivity index (χ4n) is 1.40. The zero-order chi connectivity index (χ0) is 12.5. The largest absolute Gasteiger partial charge is 0.369 e. The molecule has 0 radical (unpaired) electrons. The molecule has 0 fully saturated rings. The van der Waals surface area contributed by atoms with E-state index in [1.165, 1.54) is 0 Å². The molecule has 0 N–H and O–H groups in total. The Morgan fingerprint density at radius 1 is 1.29 bits per heavy atom. The maximum atomic E-state index is 11.1. The van der Waals surface area contributed by atoms with Crippen molar-refractivity contribution >= 4 is 11.9 Å². The summed E-state index contributed by atoms with van der Waals surface area (Å²) in [7, 11) is 0. The number of allylic oxidation sites excluding steroid dienone is 1.